The number of aromatic nitrogens is 1. The fourth-order valence-corrected chi connectivity index (χ4v) is 10.1. The Balaban J connectivity index is 0.924. The highest BCUT2D eigenvalue weighted by Crippen LogP contribution is 2.41. The quantitative estimate of drug-likeness (QED) is 0.187. The Kier molecular flexibility index (Phi) is 7.43. The summed E-state index contributed by atoms with van der Waals surface area (Å²) in [6.45, 7) is 0. The lowest BCUT2D eigenvalue weighted by molar-refractivity contribution is 0.756. The number of aliphatic imine (C=N–C) groups is 2. The SMILES string of the molecule is c1ccc(C2=NC(c3ccc(-c4ccc(-n5c6ccc7ccccc7c6c6c7ccccc7ccc65)cc4)cc3)N=C(c3cccc4c3sc3ccccc34)N2)cc1. The number of amidine groups is 2. The molecule has 9 aromatic carbocycles. The molecule has 0 saturated heterocycles. The van der Waals surface area contributed by atoms with Crippen LogP contribution in [-0.4, -0.2) is 16.2 Å². The molecule has 2 aromatic heterocycles. The van der Waals surface area contributed by atoms with Crippen LogP contribution in [0, 0.1) is 0 Å². The second-order valence-electron chi connectivity index (χ2n) is 15.0. The van der Waals surface area contributed by atoms with Crippen LogP contribution in [0.25, 0.3) is 80.3 Å². The summed E-state index contributed by atoms with van der Waals surface area (Å²) in [5.41, 5.74) is 9.03. The number of hydrogen-bond acceptors (Lipinski definition) is 4. The summed E-state index contributed by atoms with van der Waals surface area (Å²) < 4.78 is 4.92. The molecule has 0 amide bonds. The van der Waals surface area contributed by atoms with Crippen LogP contribution >= 0.6 is 11.3 Å². The van der Waals surface area contributed by atoms with E-state index in [1.54, 1.807) is 0 Å². The molecule has 1 unspecified atom stereocenters. The Bertz CT molecular complexity index is 3370. The molecule has 11 aromatic rings. The predicted octanol–water partition coefficient (Wildman–Crippen LogP) is 13.6. The van der Waals surface area contributed by atoms with Gasteiger partial charge in [0.1, 0.15) is 11.7 Å². The zero-order valence-electron chi connectivity index (χ0n) is 31.3. The van der Waals surface area contributed by atoms with E-state index in [1.165, 1.54) is 63.5 Å². The molecule has 12 rings (SSSR count). The maximum absolute atomic E-state index is 5.27. The molecule has 3 heterocycles. The van der Waals surface area contributed by atoms with Gasteiger partial charge in [0.05, 0.1) is 11.0 Å². The lowest BCUT2D eigenvalue weighted by Gasteiger charge is -2.23. The maximum atomic E-state index is 5.27. The van der Waals surface area contributed by atoms with Crippen molar-refractivity contribution in [3.05, 3.63) is 211 Å². The van der Waals surface area contributed by atoms with Crippen LogP contribution in [0.2, 0.25) is 0 Å². The zero-order chi connectivity index (χ0) is 38.2. The van der Waals surface area contributed by atoms with Crippen molar-refractivity contribution < 1.29 is 0 Å². The number of thiophene rings is 1. The van der Waals surface area contributed by atoms with Crippen molar-refractivity contribution in [1.29, 1.82) is 0 Å². The molecule has 5 heteroatoms. The summed E-state index contributed by atoms with van der Waals surface area (Å²) in [6, 6.07) is 69.7. The molecule has 4 nitrogen and oxygen atoms in total. The second kappa shape index (κ2) is 13.1. The van der Waals surface area contributed by atoms with Gasteiger partial charge >= 0.3 is 0 Å². The average Bonchev–Trinajstić information content (AvgIpc) is 3.86. The third-order valence-corrected chi connectivity index (χ3v) is 12.9. The second-order valence-corrected chi connectivity index (χ2v) is 16.0. The molecule has 272 valence electrons. The summed E-state index contributed by atoms with van der Waals surface area (Å²) in [4.78, 5) is 10.4. The van der Waals surface area contributed by atoms with E-state index in [-0.39, 0.29) is 0 Å². The molecule has 0 fully saturated rings. The van der Waals surface area contributed by atoms with Gasteiger partial charge < -0.3 is 9.88 Å². The van der Waals surface area contributed by atoms with Gasteiger partial charge in [-0.1, -0.05) is 158 Å². The van der Waals surface area contributed by atoms with E-state index in [0.29, 0.717) is 0 Å². The van der Waals surface area contributed by atoms with Crippen molar-refractivity contribution in [2.75, 3.05) is 0 Å². The van der Waals surface area contributed by atoms with Crippen LogP contribution in [-0.2, 0) is 0 Å². The van der Waals surface area contributed by atoms with Gasteiger partial charge in [-0.15, -0.1) is 11.3 Å². The number of hydrogen-bond donors (Lipinski definition) is 1. The first kappa shape index (κ1) is 32.9. The first-order chi connectivity index (χ1) is 28.7. The Morgan fingerprint density at radius 1 is 0.431 bits per heavy atom. The van der Waals surface area contributed by atoms with E-state index < -0.39 is 6.17 Å². The van der Waals surface area contributed by atoms with Crippen molar-refractivity contribution in [2.45, 2.75) is 6.17 Å². The van der Waals surface area contributed by atoms with Gasteiger partial charge in [-0.3, -0.25) is 0 Å². The average molecular weight is 759 g/mol. The van der Waals surface area contributed by atoms with Crippen LogP contribution in [0.3, 0.4) is 0 Å². The Hall–Kier alpha value is -7.34. The molecule has 1 aliphatic rings. The minimum Gasteiger partial charge on any atom is -0.324 e. The fourth-order valence-electron chi connectivity index (χ4n) is 8.89. The number of benzene rings is 9. The van der Waals surface area contributed by atoms with Crippen LogP contribution in [0.4, 0.5) is 0 Å². The number of fused-ring (bicyclic) bond motifs is 10. The molecular formula is C53H34N4S. The fraction of sp³-hybridized carbons (Fsp3) is 0.0189. The molecule has 0 aliphatic carbocycles. The van der Waals surface area contributed by atoms with E-state index in [9.17, 15) is 0 Å². The highest BCUT2D eigenvalue weighted by atomic mass is 32.1. The zero-order valence-corrected chi connectivity index (χ0v) is 32.1. The van der Waals surface area contributed by atoms with Gasteiger partial charge in [-0.25, -0.2) is 9.98 Å². The van der Waals surface area contributed by atoms with Gasteiger partial charge in [0, 0.05) is 47.8 Å². The maximum Gasteiger partial charge on any atom is 0.169 e. The van der Waals surface area contributed by atoms with Gasteiger partial charge in [-0.2, -0.15) is 0 Å². The van der Waals surface area contributed by atoms with Gasteiger partial charge in [0.25, 0.3) is 0 Å². The molecule has 1 atom stereocenters. The van der Waals surface area contributed by atoms with Gasteiger partial charge in [0.2, 0.25) is 0 Å². The number of nitrogens with one attached hydrogen (secondary N) is 1. The largest absolute Gasteiger partial charge is 0.324 e. The molecule has 0 bridgehead atoms. The van der Waals surface area contributed by atoms with E-state index in [4.69, 9.17) is 9.98 Å². The Morgan fingerprint density at radius 3 is 1.69 bits per heavy atom. The van der Waals surface area contributed by atoms with Crippen molar-refractivity contribution in [1.82, 2.24) is 9.88 Å². The van der Waals surface area contributed by atoms with Gasteiger partial charge in [-0.05, 0) is 74.6 Å². The summed E-state index contributed by atoms with van der Waals surface area (Å²) in [5.74, 6) is 1.65. The standard InChI is InChI=1S/C53H34N4S/c1-2-13-37(14-3-1)51-54-52(56-53(55-51)44-19-10-18-43-42-17-8-9-20-47(42)58-50(43)44)38-23-21-33(22-24-38)34-25-29-39(30-26-34)57-45-31-27-35-11-4-6-15-40(35)48(45)49-41-16-7-5-12-36(41)28-32-46(49)57/h1-32,52H,(H,54,55,56). The lowest BCUT2D eigenvalue weighted by atomic mass is 10.00. The summed E-state index contributed by atoms with van der Waals surface area (Å²) in [7, 11) is 0. The molecule has 58 heavy (non-hydrogen) atoms. The molecule has 0 spiro atoms. The normalized spacial score (nSPS) is 14.4. The molecule has 0 radical (unpaired) electrons. The number of rotatable bonds is 5. The van der Waals surface area contributed by atoms with Crippen molar-refractivity contribution >= 4 is 86.5 Å². The van der Waals surface area contributed by atoms with Gasteiger partial charge in [0.15, 0.2) is 6.17 Å². The third kappa shape index (κ3) is 5.21. The summed E-state index contributed by atoms with van der Waals surface area (Å²) in [5, 5.41) is 13.8. The monoisotopic (exact) mass is 758 g/mol. The predicted molar refractivity (Wildman–Crippen MR) is 246 cm³/mol. The van der Waals surface area contributed by atoms with Crippen molar-refractivity contribution in [3.8, 4) is 16.8 Å². The highest BCUT2D eigenvalue weighted by molar-refractivity contribution is 7.26. The highest BCUT2D eigenvalue weighted by Gasteiger charge is 2.23. The first-order valence-electron chi connectivity index (χ1n) is 19.7. The van der Waals surface area contributed by atoms with Crippen LogP contribution in [0.15, 0.2) is 204 Å². The van der Waals surface area contributed by atoms with Crippen molar-refractivity contribution in [2.24, 2.45) is 9.98 Å². The minimum absolute atomic E-state index is 0.394. The van der Waals surface area contributed by atoms with Crippen LogP contribution in [0.1, 0.15) is 22.9 Å². The molecule has 0 saturated carbocycles. The van der Waals surface area contributed by atoms with E-state index in [1.807, 2.05) is 17.4 Å². The van der Waals surface area contributed by atoms with Crippen molar-refractivity contribution in [3.63, 3.8) is 0 Å². The Morgan fingerprint density at radius 2 is 1.00 bits per heavy atom. The molecule has 1 N–H and O–H groups in total. The minimum atomic E-state index is -0.394. The van der Waals surface area contributed by atoms with Crippen LogP contribution < -0.4 is 5.32 Å². The topological polar surface area (TPSA) is 41.7 Å². The smallest absolute Gasteiger partial charge is 0.169 e. The van der Waals surface area contributed by atoms with E-state index in [2.05, 4.69) is 198 Å². The van der Waals surface area contributed by atoms with Crippen LogP contribution in [0.5, 0.6) is 0 Å². The molecule has 1 aliphatic heterocycles. The Labute approximate surface area is 338 Å². The lowest BCUT2D eigenvalue weighted by Crippen LogP contribution is -2.36. The summed E-state index contributed by atoms with van der Waals surface area (Å²) >= 11 is 1.81. The first-order valence-corrected chi connectivity index (χ1v) is 20.5. The van der Waals surface area contributed by atoms with E-state index >= 15 is 0 Å². The molecular weight excluding hydrogens is 725 g/mol. The van der Waals surface area contributed by atoms with E-state index in [0.717, 1.165) is 45.2 Å². The summed E-state index contributed by atoms with van der Waals surface area (Å²) in [6.07, 6.45) is -0.394. The third-order valence-electron chi connectivity index (χ3n) is 11.7. The number of nitrogens with zero attached hydrogens (tertiary/aromatic N) is 3.